The smallest absolute Gasteiger partial charge is 0.409 e. The van der Waals surface area contributed by atoms with Crippen LogP contribution in [0.3, 0.4) is 0 Å². The van der Waals surface area contributed by atoms with Gasteiger partial charge in [0.2, 0.25) is 5.91 Å². The van der Waals surface area contributed by atoms with Crippen LogP contribution in [-0.4, -0.2) is 49.3 Å². The monoisotopic (exact) mass is 419 g/mol. The third-order valence-corrected chi connectivity index (χ3v) is 6.45. The van der Waals surface area contributed by atoms with Gasteiger partial charge in [-0.2, -0.15) is 0 Å². The normalized spacial score (nSPS) is 12.9. The maximum atomic E-state index is 12.4. The Morgan fingerprint density at radius 1 is 1.25 bits per heavy atom. The Hall–Kier alpha value is -2.52. The molecule has 0 saturated carbocycles. The van der Waals surface area contributed by atoms with Gasteiger partial charge in [-0.3, -0.25) is 9.59 Å². The van der Waals surface area contributed by atoms with Crippen molar-refractivity contribution >= 4 is 46.0 Å². The lowest BCUT2D eigenvalue weighted by Gasteiger charge is -2.25. The summed E-state index contributed by atoms with van der Waals surface area (Å²) >= 11 is 2.77. The standard InChI is InChI=1S/C19H21N3O4S2/c1-20-17(24)16-13-8-9-22(19(25)26-2)10-14(13)28-18(16)21-15(23)11-27-12-6-4-3-5-7-12/h3-7H,8-11H2,1-2H3,(H,20,24)(H,21,23). The Bertz CT molecular complexity index is 883. The summed E-state index contributed by atoms with van der Waals surface area (Å²) in [5.74, 6) is -0.175. The van der Waals surface area contributed by atoms with E-state index in [1.54, 1.807) is 11.9 Å². The van der Waals surface area contributed by atoms with Crippen molar-refractivity contribution in [1.82, 2.24) is 10.2 Å². The van der Waals surface area contributed by atoms with E-state index in [1.807, 2.05) is 30.3 Å². The second kappa shape index (κ2) is 9.11. The van der Waals surface area contributed by atoms with Gasteiger partial charge in [0, 0.05) is 23.4 Å². The fraction of sp³-hybridized carbons (Fsp3) is 0.316. The van der Waals surface area contributed by atoms with Gasteiger partial charge in [-0.25, -0.2) is 4.79 Å². The highest BCUT2D eigenvalue weighted by Gasteiger charge is 2.30. The molecule has 0 radical (unpaired) electrons. The number of thioether (sulfide) groups is 1. The molecular weight excluding hydrogens is 398 g/mol. The Morgan fingerprint density at radius 3 is 2.68 bits per heavy atom. The number of nitrogens with one attached hydrogen (secondary N) is 2. The van der Waals surface area contributed by atoms with E-state index in [-0.39, 0.29) is 17.6 Å². The number of ether oxygens (including phenoxy) is 1. The minimum Gasteiger partial charge on any atom is -0.453 e. The van der Waals surface area contributed by atoms with E-state index >= 15 is 0 Å². The van der Waals surface area contributed by atoms with Crippen LogP contribution in [0.1, 0.15) is 20.8 Å². The fourth-order valence-corrected chi connectivity index (χ4v) is 4.97. The molecule has 1 aromatic carbocycles. The minimum atomic E-state index is -0.398. The number of fused-ring (bicyclic) bond motifs is 1. The fourth-order valence-electron chi connectivity index (χ4n) is 2.97. The molecule has 3 amide bonds. The zero-order valence-corrected chi connectivity index (χ0v) is 17.2. The second-order valence-corrected chi connectivity index (χ2v) is 8.23. The van der Waals surface area contributed by atoms with Crippen LogP contribution in [0.2, 0.25) is 0 Å². The van der Waals surface area contributed by atoms with Crippen molar-refractivity contribution < 1.29 is 19.1 Å². The number of thiophene rings is 1. The van der Waals surface area contributed by atoms with Crippen molar-refractivity contribution in [3.8, 4) is 0 Å². The molecule has 0 unspecified atom stereocenters. The average Bonchev–Trinajstić information content (AvgIpc) is 3.08. The molecule has 0 bridgehead atoms. The molecule has 0 atom stereocenters. The molecular formula is C19H21N3O4S2. The molecule has 148 valence electrons. The Labute approximate surface area is 171 Å². The Kier molecular flexibility index (Phi) is 6.58. The number of methoxy groups -OCH3 is 1. The first-order valence-electron chi connectivity index (χ1n) is 8.70. The average molecular weight is 420 g/mol. The molecule has 0 aliphatic carbocycles. The second-order valence-electron chi connectivity index (χ2n) is 6.08. The third kappa shape index (κ3) is 4.48. The van der Waals surface area contributed by atoms with Crippen LogP contribution >= 0.6 is 23.1 Å². The number of hydrogen-bond acceptors (Lipinski definition) is 6. The van der Waals surface area contributed by atoms with E-state index in [0.717, 1.165) is 15.3 Å². The van der Waals surface area contributed by atoms with Crippen molar-refractivity contribution in [2.75, 3.05) is 31.8 Å². The summed E-state index contributed by atoms with van der Waals surface area (Å²) < 4.78 is 4.79. The van der Waals surface area contributed by atoms with Gasteiger partial charge in [-0.05, 0) is 24.1 Å². The lowest BCUT2D eigenvalue weighted by Crippen LogP contribution is -2.35. The molecule has 0 spiro atoms. The van der Waals surface area contributed by atoms with Crippen LogP contribution in [-0.2, 0) is 22.5 Å². The maximum absolute atomic E-state index is 12.4. The van der Waals surface area contributed by atoms with E-state index in [1.165, 1.54) is 30.2 Å². The van der Waals surface area contributed by atoms with Crippen molar-refractivity contribution in [3.63, 3.8) is 0 Å². The van der Waals surface area contributed by atoms with Gasteiger partial charge in [-0.1, -0.05) is 18.2 Å². The molecule has 2 heterocycles. The predicted molar refractivity (Wildman–Crippen MR) is 110 cm³/mol. The summed E-state index contributed by atoms with van der Waals surface area (Å²) in [5, 5.41) is 6.04. The molecule has 1 aliphatic rings. The van der Waals surface area contributed by atoms with Crippen LogP contribution in [0, 0.1) is 0 Å². The summed E-state index contributed by atoms with van der Waals surface area (Å²) in [5.41, 5.74) is 1.38. The number of carbonyl (C=O) groups excluding carboxylic acids is 3. The maximum Gasteiger partial charge on any atom is 0.409 e. The van der Waals surface area contributed by atoms with E-state index in [4.69, 9.17) is 4.74 Å². The summed E-state index contributed by atoms with van der Waals surface area (Å²) in [7, 11) is 2.91. The topological polar surface area (TPSA) is 87.7 Å². The molecule has 1 aromatic heterocycles. The number of anilines is 1. The number of benzene rings is 1. The molecule has 0 fully saturated rings. The molecule has 9 heteroatoms. The molecule has 28 heavy (non-hydrogen) atoms. The van der Waals surface area contributed by atoms with Gasteiger partial charge >= 0.3 is 6.09 Å². The van der Waals surface area contributed by atoms with E-state index in [2.05, 4.69) is 10.6 Å². The van der Waals surface area contributed by atoms with Gasteiger partial charge in [-0.15, -0.1) is 23.1 Å². The Balaban J connectivity index is 1.76. The van der Waals surface area contributed by atoms with E-state index in [9.17, 15) is 14.4 Å². The molecule has 2 aromatic rings. The lowest BCUT2D eigenvalue weighted by atomic mass is 10.0. The summed E-state index contributed by atoms with van der Waals surface area (Å²) in [6, 6.07) is 9.65. The summed E-state index contributed by atoms with van der Waals surface area (Å²) in [4.78, 5) is 40.2. The van der Waals surface area contributed by atoms with Crippen LogP contribution < -0.4 is 10.6 Å². The van der Waals surface area contributed by atoms with Gasteiger partial charge in [0.1, 0.15) is 5.00 Å². The van der Waals surface area contributed by atoms with Crippen molar-refractivity contribution in [2.24, 2.45) is 0 Å². The third-order valence-electron chi connectivity index (χ3n) is 4.31. The Morgan fingerprint density at radius 2 is 2.00 bits per heavy atom. The minimum absolute atomic E-state index is 0.178. The number of carbonyl (C=O) groups is 3. The summed E-state index contributed by atoms with van der Waals surface area (Å²) in [6.07, 6.45) is 0.142. The van der Waals surface area contributed by atoms with Gasteiger partial charge in [0.15, 0.2) is 0 Å². The molecule has 2 N–H and O–H groups in total. The molecule has 1 aliphatic heterocycles. The first-order valence-corrected chi connectivity index (χ1v) is 10.5. The number of rotatable bonds is 5. The van der Waals surface area contributed by atoms with Crippen LogP contribution in [0.25, 0.3) is 0 Å². The van der Waals surface area contributed by atoms with E-state index < -0.39 is 6.09 Å². The van der Waals surface area contributed by atoms with E-state index in [0.29, 0.717) is 30.1 Å². The van der Waals surface area contributed by atoms with Crippen LogP contribution in [0.5, 0.6) is 0 Å². The van der Waals surface area contributed by atoms with Gasteiger partial charge in [0.25, 0.3) is 5.91 Å². The van der Waals surface area contributed by atoms with Crippen molar-refractivity contribution in [3.05, 3.63) is 46.3 Å². The highest BCUT2D eigenvalue weighted by Crippen LogP contribution is 2.37. The van der Waals surface area contributed by atoms with Gasteiger partial charge in [0.05, 0.1) is 25.0 Å². The molecule has 7 nitrogen and oxygen atoms in total. The zero-order chi connectivity index (χ0) is 20.1. The molecule has 3 rings (SSSR count). The largest absolute Gasteiger partial charge is 0.453 e. The van der Waals surface area contributed by atoms with Gasteiger partial charge < -0.3 is 20.3 Å². The quantitative estimate of drug-likeness (QED) is 0.728. The first kappa shape index (κ1) is 20.2. The van der Waals surface area contributed by atoms with Crippen molar-refractivity contribution in [2.45, 2.75) is 17.9 Å². The zero-order valence-electron chi connectivity index (χ0n) is 15.6. The highest BCUT2D eigenvalue weighted by molar-refractivity contribution is 8.00. The highest BCUT2D eigenvalue weighted by atomic mass is 32.2. The lowest BCUT2D eigenvalue weighted by molar-refractivity contribution is -0.113. The number of nitrogens with zero attached hydrogens (tertiary/aromatic N) is 1. The SMILES string of the molecule is CNC(=O)c1c(NC(=O)CSc2ccccc2)sc2c1CCN(C(=O)OC)C2. The molecule has 0 saturated heterocycles. The summed E-state index contributed by atoms with van der Waals surface area (Å²) in [6.45, 7) is 0.836. The van der Waals surface area contributed by atoms with Crippen LogP contribution in [0.15, 0.2) is 35.2 Å². The predicted octanol–water partition coefficient (Wildman–Crippen LogP) is 2.96. The number of hydrogen-bond donors (Lipinski definition) is 2. The van der Waals surface area contributed by atoms with Crippen molar-refractivity contribution in [1.29, 1.82) is 0 Å². The number of amides is 3. The first-order chi connectivity index (χ1) is 13.5. The van der Waals surface area contributed by atoms with Crippen LogP contribution in [0.4, 0.5) is 9.80 Å².